The number of nitrogens with zero attached hydrogens (tertiary/aromatic N) is 1. The number of nitrogens with one attached hydrogen (secondary N) is 1. The molecule has 0 bridgehead atoms. The molecule has 10 heteroatoms. The van der Waals surface area contributed by atoms with Crippen molar-refractivity contribution in [1.82, 2.24) is 0 Å². The third-order valence-electron chi connectivity index (χ3n) is 6.53. The maximum atomic E-state index is 13.8. The maximum absolute atomic E-state index is 13.8. The van der Waals surface area contributed by atoms with Crippen molar-refractivity contribution in [3.05, 3.63) is 92.1 Å². The standard InChI is InChI=1S/C28H30IN2O6P/c1-18-8-5-6-9-22(18)27(32)30-21-12-13-23(19(2)16-21)28(33)31-15-7-10-26(37-38(34,35-3)36-4)24-17-20(29)11-14-25(24)31/h5-6,8-9,11-14,16-17,26H,7,10,15H2,1-4H3,(H,30,32). The monoisotopic (exact) mass is 648 g/mol. The topological polar surface area (TPSA) is 94.2 Å². The lowest BCUT2D eigenvalue weighted by atomic mass is 10.0. The Morgan fingerprint density at radius 2 is 1.71 bits per heavy atom. The first-order valence-corrected chi connectivity index (χ1v) is 14.7. The number of amides is 2. The predicted molar refractivity (Wildman–Crippen MR) is 156 cm³/mol. The van der Waals surface area contributed by atoms with Crippen LogP contribution >= 0.6 is 30.4 Å². The predicted octanol–water partition coefficient (Wildman–Crippen LogP) is 7.06. The first kappa shape index (κ1) is 28.4. The zero-order valence-corrected chi connectivity index (χ0v) is 24.7. The van der Waals surface area contributed by atoms with Crippen LogP contribution in [0.2, 0.25) is 0 Å². The lowest BCUT2D eigenvalue weighted by Crippen LogP contribution is -2.32. The summed E-state index contributed by atoms with van der Waals surface area (Å²) in [6.07, 6.45) is 0.596. The van der Waals surface area contributed by atoms with Crippen LogP contribution in [-0.4, -0.2) is 32.6 Å². The van der Waals surface area contributed by atoms with Gasteiger partial charge in [-0.3, -0.25) is 23.2 Å². The van der Waals surface area contributed by atoms with Crippen molar-refractivity contribution in [3.63, 3.8) is 0 Å². The summed E-state index contributed by atoms with van der Waals surface area (Å²) in [7, 11) is -1.17. The molecule has 3 aromatic carbocycles. The van der Waals surface area contributed by atoms with E-state index in [1.165, 1.54) is 14.2 Å². The number of anilines is 2. The number of aryl methyl sites for hydroxylation is 2. The Morgan fingerprint density at radius 1 is 0.974 bits per heavy atom. The van der Waals surface area contributed by atoms with E-state index in [1.807, 2.05) is 50.2 Å². The van der Waals surface area contributed by atoms with Gasteiger partial charge in [0.15, 0.2) is 0 Å². The number of phosphoric ester groups is 1. The van der Waals surface area contributed by atoms with Gasteiger partial charge >= 0.3 is 7.82 Å². The molecule has 0 radical (unpaired) electrons. The minimum Gasteiger partial charge on any atom is -0.322 e. The second kappa shape index (κ2) is 12.1. The average molecular weight is 648 g/mol. The Kier molecular flexibility index (Phi) is 9.05. The van der Waals surface area contributed by atoms with E-state index in [1.54, 1.807) is 29.2 Å². The van der Waals surface area contributed by atoms with Crippen molar-refractivity contribution in [2.75, 3.05) is 31.0 Å². The number of carbonyl (C=O) groups excluding carboxylic acids is 2. The molecule has 1 heterocycles. The summed E-state index contributed by atoms with van der Waals surface area (Å²) < 4.78 is 29.5. The SMILES string of the molecule is COP(=O)(OC)OC1CCCN(C(=O)c2ccc(NC(=O)c3ccccc3C)cc2C)c2ccc(I)cc21. The Bertz CT molecular complexity index is 1400. The molecular formula is C28H30IN2O6P. The highest BCUT2D eigenvalue weighted by Crippen LogP contribution is 2.54. The molecule has 3 aromatic rings. The number of rotatable bonds is 7. The summed E-state index contributed by atoms with van der Waals surface area (Å²) in [4.78, 5) is 28.3. The number of benzene rings is 3. The fourth-order valence-electron chi connectivity index (χ4n) is 4.53. The zero-order valence-electron chi connectivity index (χ0n) is 21.7. The average Bonchev–Trinajstić information content (AvgIpc) is 3.07. The third-order valence-corrected chi connectivity index (χ3v) is 8.61. The zero-order chi connectivity index (χ0) is 27.4. The van der Waals surface area contributed by atoms with Crippen LogP contribution in [0.5, 0.6) is 0 Å². The highest BCUT2D eigenvalue weighted by atomic mass is 127. The lowest BCUT2D eigenvalue weighted by Gasteiger charge is -2.26. The first-order valence-electron chi connectivity index (χ1n) is 12.1. The summed E-state index contributed by atoms with van der Waals surface area (Å²) in [5, 5.41) is 2.92. The molecular weight excluding hydrogens is 618 g/mol. The summed E-state index contributed by atoms with van der Waals surface area (Å²) in [6.45, 7) is 4.20. The van der Waals surface area contributed by atoms with Crippen LogP contribution in [0.3, 0.4) is 0 Å². The van der Waals surface area contributed by atoms with Gasteiger partial charge in [-0.25, -0.2) is 4.57 Å². The van der Waals surface area contributed by atoms with E-state index in [0.29, 0.717) is 41.9 Å². The lowest BCUT2D eigenvalue weighted by molar-refractivity contribution is 0.0976. The van der Waals surface area contributed by atoms with Crippen molar-refractivity contribution in [3.8, 4) is 0 Å². The fraction of sp³-hybridized carbons (Fsp3) is 0.286. The molecule has 38 heavy (non-hydrogen) atoms. The molecule has 1 aliphatic rings. The van der Waals surface area contributed by atoms with Gasteiger partial charge in [-0.1, -0.05) is 18.2 Å². The van der Waals surface area contributed by atoms with Crippen LogP contribution in [-0.2, 0) is 18.1 Å². The van der Waals surface area contributed by atoms with Gasteiger partial charge in [-0.05, 0) is 103 Å². The van der Waals surface area contributed by atoms with Gasteiger partial charge < -0.3 is 10.2 Å². The normalized spacial score (nSPS) is 15.5. The van der Waals surface area contributed by atoms with Crippen molar-refractivity contribution in [2.45, 2.75) is 32.8 Å². The van der Waals surface area contributed by atoms with E-state index in [0.717, 1.165) is 20.3 Å². The molecule has 1 N–H and O–H groups in total. The van der Waals surface area contributed by atoms with Crippen molar-refractivity contribution >= 4 is 53.6 Å². The van der Waals surface area contributed by atoms with Crippen molar-refractivity contribution in [2.24, 2.45) is 0 Å². The second-order valence-corrected chi connectivity index (χ2v) is 12.1. The van der Waals surface area contributed by atoms with Gasteiger partial charge in [0.1, 0.15) is 0 Å². The summed E-state index contributed by atoms with van der Waals surface area (Å²) in [5.41, 5.74) is 4.81. The largest absolute Gasteiger partial charge is 0.474 e. The van der Waals surface area contributed by atoms with E-state index in [2.05, 4.69) is 27.9 Å². The van der Waals surface area contributed by atoms with Gasteiger partial charge in [0.05, 0.1) is 6.10 Å². The van der Waals surface area contributed by atoms with E-state index in [9.17, 15) is 14.2 Å². The Labute approximate surface area is 236 Å². The summed E-state index contributed by atoms with van der Waals surface area (Å²) in [6, 6.07) is 18.4. The van der Waals surface area contributed by atoms with Crippen molar-refractivity contribution < 1.29 is 27.7 Å². The van der Waals surface area contributed by atoms with Crippen molar-refractivity contribution in [1.29, 1.82) is 0 Å². The third kappa shape index (κ3) is 6.18. The minimum atomic E-state index is -3.73. The van der Waals surface area contributed by atoms with Crippen LogP contribution in [0, 0.1) is 17.4 Å². The maximum Gasteiger partial charge on any atom is 0.474 e. The molecule has 2 amide bonds. The second-order valence-electron chi connectivity index (χ2n) is 9.01. The quantitative estimate of drug-likeness (QED) is 0.218. The van der Waals surface area contributed by atoms with Gasteiger partial charge in [-0.15, -0.1) is 0 Å². The number of hydrogen-bond acceptors (Lipinski definition) is 6. The molecule has 8 nitrogen and oxygen atoms in total. The Morgan fingerprint density at radius 3 is 2.39 bits per heavy atom. The van der Waals surface area contributed by atoms with Gasteiger partial charge in [0.2, 0.25) is 0 Å². The van der Waals surface area contributed by atoms with Crippen LogP contribution in [0.1, 0.15) is 56.4 Å². The molecule has 1 aliphatic heterocycles. The van der Waals surface area contributed by atoms with E-state index in [-0.39, 0.29) is 11.8 Å². The molecule has 0 fully saturated rings. The van der Waals surface area contributed by atoms with Gasteiger partial charge in [-0.2, -0.15) is 0 Å². The van der Waals surface area contributed by atoms with Crippen LogP contribution < -0.4 is 10.2 Å². The highest BCUT2D eigenvalue weighted by molar-refractivity contribution is 14.1. The molecule has 4 rings (SSSR count). The van der Waals surface area contributed by atoms with E-state index >= 15 is 0 Å². The van der Waals surface area contributed by atoms with Crippen LogP contribution in [0.4, 0.5) is 11.4 Å². The number of phosphoric acid groups is 1. The molecule has 0 saturated heterocycles. The summed E-state index contributed by atoms with van der Waals surface area (Å²) >= 11 is 2.20. The number of hydrogen-bond donors (Lipinski definition) is 1. The number of carbonyl (C=O) groups is 2. The molecule has 0 aliphatic carbocycles. The van der Waals surface area contributed by atoms with Gasteiger partial charge in [0, 0.05) is 52.4 Å². The van der Waals surface area contributed by atoms with Crippen LogP contribution in [0.15, 0.2) is 60.7 Å². The first-order chi connectivity index (χ1) is 18.2. The Balaban J connectivity index is 1.61. The highest BCUT2D eigenvalue weighted by Gasteiger charge is 2.34. The van der Waals surface area contributed by atoms with Gasteiger partial charge in [0.25, 0.3) is 11.8 Å². The van der Waals surface area contributed by atoms with E-state index in [4.69, 9.17) is 13.6 Å². The molecule has 200 valence electrons. The fourth-order valence-corrected chi connectivity index (χ4v) is 5.90. The Hall–Kier alpha value is -2.56. The number of fused-ring (bicyclic) bond motifs is 1. The molecule has 0 spiro atoms. The molecule has 1 atom stereocenters. The molecule has 0 saturated carbocycles. The summed E-state index contributed by atoms with van der Waals surface area (Å²) in [5.74, 6) is -0.364. The molecule has 0 aromatic heterocycles. The van der Waals surface area contributed by atoms with Crippen LogP contribution in [0.25, 0.3) is 0 Å². The molecule has 1 unspecified atom stereocenters. The van der Waals surface area contributed by atoms with E-state index < -0.39 is 13.9 Å². The number of halogens is 1. The minimum absolute atomic E-state index is 0.163. The smallest absolute Gasteiger partial charge is 0.322 e.